The van der Waals surface area contributed by atoms with Gasteiger partial charge in [0.1, 0.15) is 5.60 Å². The highest BCUT2D eigenvalue weighted by Gasteiger charge is 2.37. The predicted octanol–water partition coefficient (Wildman–Crippen LogP) is 3.14. The van der Waals surface area contributed by atoms with E-state index in [0.717, 1.165) is 5.56 Å². The Morgan fingerprint density at radius 2 is 2.12 bits per heavy atom. The van der Waals surface area contributed by atoms with E-state index in [4.69, 9.17) is 16.3 Å². The minimum absolute atomic E-state index is 0.136. The number of nitrogens with zero attached hydrogens (tertiary/aromatic N) is 1. The van der Waals surface area contributed by atoms with E-state index in [2.05, 4.69) is 5.32 Å². The molecule has 0 unspecified atom stereocenters. The van der Waals surface area contributed by atoms with Crippen molar-refractivity contribution in [1.82, 2.24) is 10.2 Å². The first-order valence-electron chi connectivity index (χ1n) is 8.34. The van der Waals surface area contributed by atoms with Crippen molar-refractivity contribution in [1.29, 1.82) is 0 Å². The summed E-state index contributed by atoms with van der Waals surface area (Å²) in [6.07, 6.45) is 0.0867. The molecule has 0 saturated carbocycles. The molecule has 1 aromatic rings. The van der Waals surface area contributed by atoms with Crippen molar-refractivity contribution >= 4 is 23.7 Å². The number of likely N-dealkylation sites (tertiary alicyclic amines) is 1. The zero-order valence-corrected chi connectivity index (χ0v) is 15.5. The lowest BCUT2D eigenvalue weighted by Crippen LogP contribution is -2.54. The summed E-state index contributed by atoms with van der Waals surface area (Å²) >= 11 is 5.97. The predicted molar refractivity (Wildman–Crippen MR) is 95.6 cm³/mol. The van der Waals surface area contributed by atoms with Gasteiger partial charge in [-0.15, -0.1) is 0 Å². The minimum Gasteiger partial charge on any atom is -0.481 e. The fraction of sp³-hybridized carbons (Fsp3) is 0.556. The van der Waals surface area contributed by atoms with Crippen LogP contribution in [0.4, 0.5) is 4.79 Å². The lowest BCUT2D eigenvalue weighted by molar-refractivity contribution is -0.144. The first-order chi connectivity index (χ1) is 11.7. The molecule has 1 amide bonds. The zero-order chi connectivity index (χ0) is 18.6. The Morgan fingerprint density at radius 3 is 2.72 bits per heavy atom. The van der Waals surface area contributed by atoms with Gasteiger partial charge in [0.2, 0.25) is 0 Å². The average molecular weight is 369 g/mol. The van der Waals surface area contributed by atoms with Gasteiger partial charge in [-0.2, -0.15) is 0 Å². The molecule has 0 bridgehead atoms. The Balaban J connectivity index is 1.97. The third-order valence-electron chi connectivity index (χ3n) is 4.04. The average Bonchev–Trinajstić information content (AvgIpc) is 2.51. The molecule has 6 nitrogen and oxygen atoms in total. The summed E-state index contributed by atoms with van der Waals surface area (Å²) in [5.41, 5.74) is 0.392. The number of halogens is 1. The van der Waals surface area contributed by atoms with Gasteiger partial charge in [0.25, 0.3) is 0 Å². The molecule has 0 aliphatic carbocycles. The summed E-state index contributed by atoms with van der Waals surface area (Å²) < 4.78 is 5.34. The Kier molecular flexibility index (Phi) is 6.30. The summed E-state index contributed by atoms with van der Waals surface area (Å²) in [6, 6.07) is 7.23. The van der Waals surface area contributed by atoms with Crippen molar-refractivity contribution < 1.29 is 19.4 Å². The van der Waals surface area contributed by atoms with Crippen LogP contribution in [-0.4, -0.2) is 46.8 Å². The highest BCUT2D eigenvalue weighted by Crippen LogP contribution is 2.21. The number of rotatable bonds is 4. The molecule has 1 saturated heterocycles. The van der Waals surface area contributed by atoms with Gasteiger partial charge in [-0.25, -0.2) is 4.79 Å². The zero-order valence-electron chi connectivity index (χ0n) is 14.8. The summed E-state index contributed by atoms with van der Waals surface area (Å²) in [5.74, 6) is -1.60. The van der Waals surface area contributed by atoms with Crippen molar-refractivity contribution in [2.75, 3.05) is 13.1 Å². The number of hydrogen-bond donors (Lipinski definition) is 2. The van der Waals surface area contributed by atoms with E-state index in [1.165, 1.54) is 4.90 Å². The Bertz CT molecular complexity index is 630. The summed E-state index contributed by atoms with van der Waals surface area (Å²) in [4.78, 5) is 25.3. The fourth-order valence-electron chi connectivity index (χ4n) is 2.83. The molecule has 0 aromatic heterocycles. The number of amides is 1. The van der Waals surface area contributed by atoms with Crippen LogP contribution in [0.15, 0.2) is 24.3 Å². The number of carbonyl (C=O) groups is 2. The molecular weight excluding hydrogens is 344 g/mol. The van der Waals surface area contributed by atoms with Crippen LogP contribution in [0, 0.1) is 5.92 Å². The van der Waals surface area contributed by atoms with Gasteiger partial charge >= 0.3 is 12.1 Å². The van der Waals surface area contributed by atoms with Crippen molar-refractivity contribution in [2.24, 2.45) is 5.92 Å². The minimum atomic E-state index is -0.920. The molecule has 2 N–H and O–H groups in total. The van der Waals surface area contributed by atoms with Crippen LogP contribution in [0.3, 0.4) is 0 Å². The van der Waals surface area contributed by atoms with Crippen molar-refractivity contribution in [3.05, 3.63) is 34.9 Å². The van der Waals surface area contributed by atoms with Crippen LogP contribution >= 0.6 is 11.6 Å². The normalized spacial score (nSPS) is 21.0. The maximum Gasteiger partial charge on any atom is 0.410 e. The molecule has 0 radical (unpaired) electrons. The summed E-state index contributed by atoms with van der Waals surface area (Å²) in [7, 11) is 0. The number of carbonyl (C=O) groups excluding carboxylic acids is 1. The van der Waals surface area contributed by atoms with Gasteiger partial charge in [-0.05, 0) is 44.9 Å². The van der Waals surface area contributed by atoms with E-state index >= 15 is 0 Å². The number of carboxylic acid groups (broad SMARTS) is 1. The molecule has 7 heteroatoms. The number of carboxylic acids is 1. The van der Waals surface area contributed by atoms with Crippen LogP contribution in [0.5, 0.6) is 0 Å². The molecule has 138 valence electrons. The van der Waals surface area contributed by atoms with Gasteiger partial charge in [-0.3, -0.25) is 4.79 Å². The number of aliphatic carboxylic acids is 1. The smallest absolute Gasteiger partial charge is 0.410 e. The topological polar surface area (TPSA) is 78.9 Å². The van der Waals surface area contributed by atoms with Crippen LogP contribution < -0.4 is 5.32 Å². The van der Waals surface area contributed by atoms with Crippen molar-refractivity contribution in [3.63, 3.8) is 0 Å². The Hall–Kier alpha value is -1.79. The monoisotopic (exact) mass is 368 g/mol. The number of ether oxygens (including phenoxy) is 1. The van der Waals surface area contributed by atoms with Crippen molar-refractivity contribution in [2.45, 2.75) is 45.4 Å². The lowest BCUT2D eigenvalue weighted by atomic mass is 9.92. The maximum absolute atomic E-state index is 12.2. The third kappa shape index (κ3) is 5.90. The molecule has 25 heavy (non-hydrogen) atoms. The van der Waals surface area contributed by atoms with Gasteiger partial charge < -0.3 is 20.1 Å². The summed E-state index contributed by atoms with van der Waals surface area (Å²) in [6.45, 7) is 6.50. The van der Waals surface area contributed by atoms with Crippen molar-refractivity contribution in [3.8, 4) is 0 Å². The molecule has 1 heterocycles. The summed E-state index contributed by atoms with van der Waals surface area (Å²) in [5, 5.41) is 13.5. The largest absolute Gasteiger partial charge is 0.481 e. The first-order valence-corrected chi connectivity index (χ1v) is 8.72. The fourth-order valence-corrected chi connectivity index (χ4v) is 3.05. The van der Waals surface area contributed by atoms with Crippen LogP contribution in [0.1, 0.15) is 32.8 Å². The molecule has 1 aromatic carbocycles. The van der Waals surface area contributed by atoms with E-state index < -0.39 is 23.6 Å². The number of hydrogen-bond acceptors (Lipinski definition) is 4. The van der Waals surface area contributed by atoms with Crippen LogP contribution in [-0.2, 0) is 16.1 Å². The second-order valence-corrected chi connectivity index (χ2v) is 7.71. The lowest BCUT2D eigenvalue weighted by Gasteiger charge is -2.37. The quantitative estimate of drug-likeness (QED) is 0.853. The second-order valence-electron chi connectivity index (χ2n) is 7.28. The van der Waals surface area contributed by atoms with E-state index in [0.29, 0.717) is 24.5 Å². The van der Waals surface area contributed by atoms with Gasteiger partial charge in [0.15, 0.2) is 0 Å². The molecule has 2 rings (SSSR count). The van der Waals surface area contributed by atoms with Gasteiger partial charge in [-0.1, -0.05) is 23.7 Å². The Labute approximate surface area is 153 Å². The van der Waals surface area contributed by atoms with Gasteiger partial charge in [0, 0.05) is 30.7 Å². The molecule has 1 aliphatic rings. The third-order valence-corrected chi connectivity index (χ3v) is 4.27. The molecular formula is C18H25ClN2O4. The first kappa shape index (κ1) is 19.5. The van der Waals surface area contributed by atoms with Crippen LogP contribution in [0.25, 0.3) is 0 Å². The molecule has 0 spiro atoms. The molecule has 1 aliphatic heterocycles. The van der Waals surface area contributed by atoms with Crippen LogP contribution in [0.2, 0.25) is 5.02 Å². The SMILES string of the molecule is CC(C)(C)OC(=O)N1CC[C@@H](NCc2cccc(Cl)c2)[C@H](C(=O)O)C1. The number of piperidine rings is 1. The standard InChI is InChI=1S/C18H25ClN2O4/c1-18(2,3)25-17(24)21-8-7-15(14(11-21)16(22)23)20-10-12-5-4-6-13(19)9-12/h4-6,9,14-15,20H,7-8,10-11H2,1-3H3,(H,22,23)/t14-,15-/m1/s1. The van der Waals surface area contributed by atoms with E-state index in [9.17, 15) is 14.7 Å². The maximum atomic E-state index is 12.2. The number of nitrogens with one attached hydrogen (secondary N) is 1. The highest BCUT2D eigenvalue weighted by atomic mass is 35.5. The molecule has 1 fully saturated rings. The van der Waals surface area contributed by atoms with E-state index in [1.807, 2.05) is 18.2 Å². The molecule has 2 atom stereocenters. The highest BCUT2D eigenvalue weighted by molar-refractivity contribution is 6.30. The van der Waals surface area contributed by atoms with E-state index in [1.54, 1.807) is 26.8 Å². The second kappa shape index (κ2) is 8.06. The van der Waals surface area contributed by atoms with Gasteiger partial charge in [0.05, 0.1) is 5.92 Å². The van der Waals surface area contributed by atoms with E-state index in [-0.39, 0.29) is 12.6 Å². The number of benzene rings is 1. The Morgan fingerprint density at radius 1 is 1.40 bits per heavy atom.